The number of hydrogen-bond donors (Lipinski definition) is 7. The van der Waals surface area contributed by atoms with Crippen molar-refractivity contribution in [3.63, 3.8) is 0 Å². The van der Waals surface area contributed by atoms with Gasteiger partial charge in [-0.15, -0.1) is 0 Å². The van der Waals surface area contributed by atoms with E-state index in [1.165, 1.54) is 0 Å². The van der Waals surface area contributed by atoms with Crippen LogP contribution in [0.25, 0.3) is 0 Å². The first-order chi connectivity index (χ1) is 26.7. The maximum Gasteiger partial charge on any atom is 3.00 e. The van der Waals surface area contributed by atoms with E-state index in [1.54, 1.807) is 38.9 Å². The zero-order valence-electron chi connectivity index (χ0n) is 32.0. The van der Waals surface area contributed by atoms with Crippen LogP contribution in [-0.2, 0) is 30.4 Å². The molecule has 0 aromatic heterocycles. The fourth-order valence-electron chi connectivity index (χ4n) is 5.66. The molecule has 1 unspecified atom stereocenters. The Morgan fingerprint density at radius 1 is 0.724 bits per heavy atom. The smallest absolute Gasteiger partial charge is 0.550 e. The number of aliphatic hydroxyl groups excluding tert-OH is 5. The Labute approximate surface area is 410 Å². The van der Waals surface area contributed by atoms with Crippen molar-refractivity contribution in [1.29, 1.82) is 0 Å². The van der Waals surface area contributed by atoms with E-state index >= 15 is 0 Å². The quantitative estimate of drug-likeness (QED) is 0.0633. The third-order valence-corrected chi connectivity index (χ3v) is 12.0. The molecule has 58 heavy (non-hydrogen) atoms. The minimum Gasteiger partial charge on any atom is -0.550 e. The van der Waals surface area contributed by atoms with Gasteiger partial charge in [0.15, 0.2) is 0 Å². The normalized spacial score (nSPS) is 17.8. The van der Waals surface area contributed by atoms with Crippen LogP contribution in [0.4, 0.5) is 5.69 Å². The fourth-order valence-corrected chi connectivity index (χ4v) is 9.74. The number of carboxylic acid groups (broad SMARTS) is 4. The van der Waals surface area contributed by atoms with E-state index in [0.29, 0.717) is 12.1 Å². The summed E-state index contributed by atoms with van der Waals surface area (Å²) in [4.78, 5) is 65.5. The number of likely N-dealkylation sites (N-methyl/N-ethyl adjacent to an activating group) is 1. The summed E-state index contributed by atoms with van der Waals surface area (Å²) in [6.07, 6.45) is -4.87. The number of halogens is 3. The van der Waals surface area contributed by atoms with E-state index in [1.807, 2.05) is 6.07 Å². The van der Waals surface area contributed by atoms with E-state index in [0.717, 1.165) is 16.3 Å². The van der Waals surface area contributed by atoms with E-state index in [9.17, 15) is 54.6 Å². The van der Waals surface area contributed by atoms with Gasteiger partial charge in [-0.05, 0) is 92.2 Å². The summed E-state index contributed by atoms with van der Waals surface area (Å²) in [6, 6.07) is 1.87. The third kappa shape index (κ3) is 22.2. The molecular weight excluding hydrogens is 1250 g/mol. The first-order valence-corrected chi connectivity index (χ1v) is 21.2. The number of hydrogen-bond acceptors (Lipinski definition) is 18. The molecule has 24 heteroatoms. The maximum atomic E-state index is 13.3. The molecule has 0 saturated carbocycles. The van der Waals surface area contributed by atoms with Gasteiger partial charge >= 0.3 is 39.9 Å². The second-order valence-electron chi connectivity index (χ2n) is 13.3. The van der Waals surface area contributed by atoms with Crippen LogP contribution in [0.2, 0.25) is 0 Å². The van der Waals surface area contributed by atoms with Gasteiger partial charge in [-0.3, -0.25) is 24.4 Å². The molecule has 1 heterocycles. The average molecular weight is 1310 g/mol. The van der Waals surface area contributed by atoms with Gasteiger partial charge in [-0.2, -0.15) is 0 Å². The zero-order chi connectivity index (χ0) is 43.4. The molecule has 2 rings (SSSR count). The molecule has 8 N–H and O–H groups in total. The number of benzene rings is 1. The molecule has 1 aromatic rings. The Morgan fingerprint density at radius 2 is 1.12 bits per heavy atom. The number of aliphatic carboxylic acids is 4. The van der Waals surface area contributed by atoms with E-state index in [4.69, 9.17) is 15.3 Å². The van der Waals surface area contributed by atoms with Crippen molar-refractivity contribution in [3.05, 3.63) is 22.3 Å². The number of nitrogens with two attached hydrogens (primary N) is 1. The van der Waals surface area contributed by atoms with Crippen LogP contribution in [0.3, 0.4) is 0 Å². The van der Waals surface area contributed by atoms with Crippen LogP contribution in [0.5, 0.6) is 0 Å². The van der Waals surface area contributed by atoms with Crippen molar-refractivity contribution >= 4 is 103 Å². The van der Waals surface area contributed by atoms with E-state index in [-0.39, 0.29) is 131 Å². The van der Waals surface area contributed by atoms with Crippen LogP contribution < -0.4 is 31.1 Å². The van der Waals surface area contributed by atoms with Gasteiger partial charge in [0.1, 0.15) is 31.0 Å². The monoisotopic (exact) mass is 1310 g/mol. The Kier molecular flexibility index (Phi) is 30.5. The second-order valence-corrected chi connectivity index (χ2v) is 16.8. The second kappa shape index (κ2) is 30.7. The number of carbonyl (C=O) groups excluding carboxylic acids is 5. The van der Waals surface area contributed by atoms with Gasteiger partial charge in [0.25, 0.3) is 0 Å². The van der Waals surface area contributed by atoms with Crippen molar-refractivity contribution in [1.82, 2.24) is 19.6 Å². The predicted octanol–water partition coefficient (Wildman–Crippen LogP) is -8.16. The maximum absolute atomic E-state index is 13.3. The molecule has 1 fully saturated rings. The summed E-state index contributed by atoms with van der Waals surface area (Å²) >= 11 is 6.35. The largest absolute Gasteiger partial charge is 3.00 e. The van der Waals surface area contributed by atoms with Crippen LogP contribution in [0.1, 0.15) is 18.9 Å². The molecule has 331 valence electrons. The summed E-state index contributed by atoms with van der Waals surface area (Å²) in [7, 11) is 1.70. The predicted molar refractivity (Wildman–Crippen MR) is 220 cm³/mol. The van der Waals surface area contributed by atoms with Gasteiger partial charge < -0.3 is 75.8 Å². The number of quaternary nitrogens is 1. The standard InChI is InChI=1S/C27H38I3N5O9.C7H17NO5.Gd/c1-2-17(27(43)44)11-18-19(28)12-20(29)26(25(18)30)31-21(36)13-32-3-5-33(14-22(37)38)7-9-35(16-24(41)42)10-8-34(6-4-32)15-23(39)40;1-8-2-4(10)6(12)7(13)5(11)3-9;/h12,17H,2-11,13-16H2,1H3,(H,31,36)(H,37,38)(H,39,40)(H,41,42)(H,43,44);4-13H,2-3H2,1H3;/q;;+3/p-3/t;4-,5+,6+,7+;/m.0./s1. The third-order valence-electron chi connectivity index (χ3n) is 8.96. The Bertz CT molecular complexity index is 1440. The Morgan fingerprint density at radius 3 is 1.47 bits per heavy atom. The van der Waals surface area contributed by atoms with Crippen LogP contribution in [0, 0.1) is 56.6 Å². The Hall–Kier alpha value is -0.315. The number of nitrogens with one attached hydrogen (secondary N) is 1. The van der Waals surface area contributed by atoms with Gasteiger partial charge in [0.05, 0.1) is 43.8 Å². The summed E-state index contributed by atoms with van der Waals surface area (Å²) in [5.74, 6) is -6.06. The Balaban J connectivity index is 0.00000198. The molecule has 1 radical (unpaired) electrons. The number of carbonyl (C=O) groups is 5. The minimum atomic E-state index is -1.53. The summed E-state index contributed by atoms with van der Waals surface area (Å²) < 4.78 is 2.36. The molecule has 1 aromatic carbocycles. The summed E-state index contributed by atoms with van der Waals surface area (Å²) in [5.41, 5.74) is 1.35. The molecule has 5 atom stereocenters. The van der Waals surface area contributed by atoms with Crippen LogP contribution >= 0.6 is 67.8 Å². The van der Waals surface area contributed by atoms with Gasteiger partial charge in [0.2, 0.25) is 5.91 Å². The van der Waals surface area contributed by atoms with Gasteiger partial charge in [0, 0.05) is 94.6 Å². The number of nitrogens with zero attached hydrogens (tertiary/aromatic N) is 4. The van der Waals surface area contributed by atoms with E-state index in [2.05, 4.69) is 73.1 Å². The molecule has 1 saturated heterocycles. The first-order valence-electron chi connectivity index (χ1n) is 18.0. The van der Waals surface area contributed by atoms with Gasteiger partial charge in [-0.1, -0.05) is 6.92 Å². The van der Waals surface area contributed by atoms with Crippen molar-refractivity contribution in [3.8, 4) is 0 Å². The molecule has 1 aliphatic heterocycles. The molecule has 1 amide bonds. The van der Waals surface area contributed by atoms with E-state index < -0.39 is 67.4 Å². The number of carboxylic acids is 4. The van der Waals surface area contributed by atoms with Crippen molar-refractivity contribution in [2.75, 3.05) is 104 Å². The number of rotatable bonds is 19. The number of amides is 1. The SMILES string of the molecule is CCC(Cc1c(I)cc(I)c(NC(=O)CN2CCN(CC(=O)[O-])CCN(CC(=O)[O-])CCN(CC(=O)[O-])CC2)c1I)C(=O)[O-].C[NH2+]C[C@H](O)[C@@H](O)[C@H](O)[C@H](O)CO.[Gd+3]. The molecule has 20 nitrogen and oxygen atoms in total. The fraction of sp³-hybridized carbons (Fsp3) is 0.676. The molecule has 0 bridgehead atoms. The van der Waals surface area contributed by atoms with Crippen molar-refractivity contribution < 1.29 is 115 Å². The number of anilines is 1. The minimum absolute atomic E-state index is 0. The zero-order valence-corrected chi connectivity index (χ0v) is 40.8. The van der Waals surface area contributed by atoms with Crippen molar-refractivity contribution in [2.45, 2.75) is 44.2 Å². The van der Waals surface area contributed by atoms with Gasteiger partial charge in [-0.25, -0.2) is 0 Å². The summed E-state index contributed by atoms with van der Waals surface area (Å²) in [5, 5.41) is 95.1. The first kappa shape index (κ1) is 57.7. The van der Waals surface area contributed by atoms with Crippen LogP contribution in [0.15, 0.2) is 6.07 Å². The molecular formula is C34H52GdI3N6O14. The molecule has 0 spiro atoms. The molecule has 0 aliphatic carbocycles. The molecule has 1 aliphatic rings. The topological polar surface area (TPSA) is 320 Å². The summed E-state index contributed by atoms with van der Waals surface area (Å²) in [6.45, 7) is 1.87. The average Bonchev–Trinajstić information content (AvgIpc) is 3.12. The number of aliphatic hydroxyl groups is 5. The van der Waals surface area contributed by atoms with Crippen LogP contribution in [-0.4, -0.2) is 198 Å². The van der Waals surface area contributed by atoms with Crippen molar-refractivity contribution in [2.24, 2.45) is 5.92 Å².